The minimum absolute atomic E-state index is 0.106. The number of fused-ring (bicyclic) bond motifs is 2. The van der Waals surface area contributed by atoms with Gasteiger partial charge < -0.3 is 11.1 Å². The smallest absolute Gasteiger partial charge is 0.231 e. The summed E-state index contributed by atoms with van der Waals surface area (Å²) >= 11 is 12.7. The van der Waals surface area contributed by atoms with Crippen LogP contribution in [0.25, 0.3) is 0 Å². The molecule has 3 aliphatic rings. The largest absolute Gasteiger partial charge is 0.352 e. The zero-order chi connectivity index (χ0) is 16.9. The number of carbonyl (C=O) groups is 1. The lowest BCUT2D eigenvalue weighted by Crippen LogP contribution is -2.55. The van der Waals surface area contributed by atoms with E-state index >= 15 is 0 Å². The molecule has 3 aliphatic carbocycles. The standard InChI is InChI=1S/C19H24Cl2N2O/c20-14-5-2-6-15(21)16(14)19(7-8-19)18(24)23-17-11-3-1-4-12(17)10-13(22)9-11/h2,5-6,11-13,17H,1,3-4,7-10,22H2,(H,23,24). The van der Waals surface area contributed by atoms with Crippen LogP contribution < -0.4 is 11.1 Å². The van der Waals surface area contributed by atoms with Crippen LogP contribution in [-0.4, -0.2) is 18.0 Å². The molecule has 3 fully saturated rings. The average Bonchev–Trinajstić information content (AvgIpc) is 3.29. The van der Waals surface area contributed by atoms with Gasteiger partial charge in [0.05, 0.1) is 5.41 Å². The molecule has 0 saturated heterocycles. The van der Waals surface area contributed by atoms with Gasteiger partial charge in [0.1, 0.15) is 0 Å². The molecule has 2 atom stereocenters. The highest BCUT2D eigenvalue weighted by Crippen LogP contribution is 2.53. The van der Waals surface area contributed by atoms with Gasteiger partial charge in [0.2, 0.25) is 5.91 Å². The van der Waals surface area contributed by atoms with E-state index in [0.717, 1.165) is 31.2 Å². The first-order valence-corrected chi connectivity index (χ1v) is 9.78. The van der Waals surface area contributed by atoms with Gasteiger partial charge in [-0.05, 0) is 62.5 Å². The van der Waals surface area contributed by atoms with Crippen molar-refractivity contribution >= 4 is 29.1 Å². The van der Waals surface area contributed by atoms with Gasteiger partial charge in [-0.2, -0.15) is 0 Å². The lowest BCUT2D eigenvalue weighted by atomic mass is 9.67. The van der Waals surface area contributed by atoms with Crippen molar-refractivity contribution in [2.75, 3.05) is 0 Å². The van der Waals surface area contributed by atoms with Crippen LogP contribution >= 0.6 is 23.2 Å². The Labute approximate surface area is 153 Å². The van der Waals surface area contributed by atoms with Crippen molar-refractivity contribution in [2.24, 2.45) is 17.6 Å². The van der Waals surface area contributed by atoms with Crippen molar-refractivity contribution in [3.63, 3.8) is 0 Å². The van der Waals surface area contributed by atoms with Crippen molar-refractivity contribution in [2.45, 2.75) is 62.4 Å². The number of nitrogens with one attached hydrogen (secondary N) is 1. The summed E-state index contributed by atoms with van der Waals surface area (Å²) in [6, 6.07) is 6.04. The van der Waals surface area contributed by atoms with Crippen LogP contribution in [0.1, 0.15) is 50.5 Å². The van der Waals surface area contributed by atoms with Crippen LogP contribution in [-0.2, 0) is 10.2 Å². The maximum Gasteiger partial charge on any atom is 0.231 e. The number of benzene rings is 1. The number of halogens is 2. The molecular weight excluding hydrogens is 343 g/mol. The summed E-state index contributed by atoms with van der Waals surface area (Å²) in [4.78, 5) is 13.2. The highest BCUT2D eigenvalue weighted by molar-refractivity contribution is 6.36. The molecule has 1 aromatic carbocycles. The first-order chi connectivity index (χ1) is 11.5. The third-order valence-corrected chi connectivity index (χ3v) is 6.93. The molecule has 1 amide bonds. The molecule has 0 radical (unpaired) electrons. The second-order valence-corrected chi connectivity index (χ2v) is 8.67. The molecule has 3 saturated carbocycles. The molecule has 1 aromatic rings. The van der Waals surface area contributed by atoms with E-state index in [1.807, 2.05) is 18.2 Å². The SMILES string of the molecule is NC1CC2CCCC(C1)C2NC(=O)C1(c2c(Cl)cccc2Cl)CC1. The molecule has 0 heterocycles. The van der Waals surface area contributed by atoms with Crippen LogP contribution in [0.5, 0.6) is 0 Å². The van der Waals surface area contributed by atoms with E-state index in [1.54, 1.807) is 0 Å². The van der Waals surface area contributed by atoms with E-state index in [0.29, 0.717) is 27.9 Å². The van der Waals surface area contributed by atoms with Crippen molar-refractivity contribution in [3.8, 4) is 0 Å². The fourth-order valence-electron chi connectivity index (χ4n) is 4.98. The van der Waals surface area contributed by atoms with E-state index in [-0.39, 0.29) is 11.9 Å². The molecule has 2 unspecified atom stereocenters. The third kappa shape index (κ3) is 2.75. The van der Waals surface area contributed by atoms with Crippen molar-refractivity contribution in [3.05, 3.63) is 33.8 Å². The Bertz CT molecular complexity index is 625. The summed E-state index contributed by atoms with van der Waals surface area (Å²) in [7, 11) is 0. The van der Waals surface area contributed by atoms with Crippen LogP contribution in [0, 0.1) is 11.8 Å². The monoisotopic (exact) mass is 366 g/mol. The van der Waals surface area contributed by atoms with Gasteiger partial charge in [-0.15, -0.1) is 0 Å². The molecule has 0 spiro atoms. The molecule has 4 rings (SSSR count). The fraction of sp³-hybridized carbons (Fsp3) is 0.632. The predicted molar refractivity (Wildman–Crippen MR) is 97.3 cm³/mol. The van der Waals surface area contributed by atoms with Gasteiger partial charge in [0.15, 0.2) is 0 Å². The second kappa shape index (κ2) is 6.19. The van der Waals surface area contributed by atoms with Gasteiger partial charge in [-0.1, -0.05) is 35.7 Å². The van der Waals surface area contributed by atoms with E-state index in [1.165, 1.54) is 19.3 Å². The average molecular weight is 367 g/mol. The van der Waals surface area contributed by atoms with E-state index in [4.69, 9.17) is 28.9 Å². The molecular formula is C19H24Cl2N2O. The minimum Gasteiger partial charge on any atom is -0.352 e. The molecule has 3 N–H and O–H groups in total. The zero-order valence-electron chi connectivity index (χ0n) is 13.7. The van der Waals surface area contributed by atoms with Gasteiger partial charge in [-0.3, -0.25) is 4.79 Å². The number of nitrogens with two attached hydrogens (primary N) is 1. The van der Waals surface area contributed by atoms with Crippen LogP contribution in [0.2, 0.25) is 10.0 Å². The van der Waals surface area contributed by atoms with Gasteiger partial charge >= 0.3 is 0 Å². The Morgan fingerprint density at radius 3 is 2.25 bits per heavy atom. The molecule has 24 heavy (non-hydrogen) atoms. The van der Waals surface area contributed by atoms with Crippen LogP contribution in [0.4, 0.5) is 0 Å². The highest BCUT2D eigenvalue weighted by Gasteiger charge is 2.54. The quantitative estimate of drug-likeness (QED) is 0.847. The third-order valence-electron chi connectivity index (χ3n) is 6.30. The van der Waals surface area contributed by atoms with Crippen LogP contribution in [0.15, 0.2) is 18.2 Å². The van der Waals surface area contributed by atoms with Crippen LogP contribution in [0.3, 0.4) is 0 Å². The number of carbonyl (C=O) groups excluding carboxylic acids is 1. The van der Waals surface area contributed by atoms with Gasteiger partial charge in [0, 0.05) is 27.7 Å². The summed E-state index contributed by atoms with van der Waals surface area (Å²) in [5.74, 6) is 1.15. The summed E-state index contributed by atoms with van der Waals surface area (Å²) < 4.78 is 0. The summed E-state index contributed by atoms with van der Waals surface area (Å²) in [6.45, 7) is 0. The Balaban J connectivity index is 1.56. The Morgan fingerprint density at radius 1 is 1.12 bits per heavy atom. The number of amides is 1. The second-order valence-electron chi connectivity index (χ2n) is 7.86. The van der Waals surface area contributed by atoms with Crippen molar-refractivity contribution in [1.29, 1.82) is 0 Å². The van der Waals surface area contributed by atoms with E-state index < -0.39 is 5.41 Å². The minimum atomic E-state index is -0.525. The number of hydrogen-bond donors (Lipinski definition) is 2. The zero-order valence-corrected chi connectivity index (χ0v) is 15.2. The summed E-state index contributed by atoms with van der Waals surface area (Å²) in [5.41, 5.74) is 6.48. The summed E-state index contributed by atoms with van der Waals surface area (Å²) in [6.07, 6.45) is 7.32. The molecule has 3 nitrogen and oxygen atoms in total. The van der Waals surface area contributed by atoms with E-state index in [2.05, 4.69) is 5.32 Å². The maximum atomic E-state index is 13.2. The normalized spacial score (nSPS) is 33.8. The van der Waals surface area contributed by atoms with Crippen molar-refractivity contribution < 1.29 is 4.79 Å². The Morgan fingerprint density at radius 2 is 1.71 bits per heavy atom. The lowest BCUT2D eigenvalue weighted by molar-refractivity contribution is -0.126. The topological polar surface area (TPSA) is 55.1 Å². The summed E-state index contributed by atoms with van der Waals surface area (Å²) in [5, 5.41) is 4.58. The molecule has 0 aromatic heterocycles. The molecule has 2 bridgehead atoms. The predicted octanol–water partition coefficient (Wildman–Crippen LogP) is 4.05. The first-order valence-electron chi connectivity index (χ1n) is 9.02. The number of rotatable bonds is 3. The lowest BCUT2D eigenvalue weighted by Gasteiger charge is -2.45. The maximum absolute atomic E-state index is 13.2. The fourth-order valence-corrected chi connectivity index (χ4v) is 5.74. The Hall–Kier alpha value is -0.770. The molecule has 0 aliphatic heterocycles. The molecule has 130 valence electrons. The highest BCUT2D eigenvalue weighted by atomic mass is 35.5. The number of hydrogen-bond acceptors (Lipinski definition) is 2. The molecule has 5 heteroatoms. The van der Waals surface area contributed by atoms with Gasteiger partial charge in [0.25, 0.3) is 0 Å². The Kier molecular flexibility index (Phi) is 4.30. The van der Waals surface area contributed by atoms with E-state index in [9.17, 15) is 4.79 Å². The van der Waals surface area contributed by atoms with Crippen molar-refractivity contribution in [1.82, 2.24) is 5.32 Å². The van der Waals surface area contributed by atoms with Gasteiger partial charge in [-0.25, -0.2) is 0 Å². The first kappa shape index (κ1) is 16.7.